The van der Waals surface area contributed by atoms with Crippen LogP contribution in [0.1, 0.15) is 29.8 Å². The Labute approximate surface area is 133 Å². The highest BCUT2D eigenvalue weighted by atomic mass is 32.1. The maximum absolute atomic E-state index is 12.3. The number of benzene rings is 1. The summed E-state index contributed by atoms with van der Waals surface area (Å²) in [6.45, 7) is 0.658. The number of carbonyl (C=O) groups is 1. The molecule has 0 saturated carbocycles. The van der Waals surface area contributed by atoms with Gasteiger partial charge in [-0.05, 0) is 37.2 Å². The SMILES string of the molecule is O=C(NO[C@@H]1CCCCO1)c1c[nH]c(=S)n1-c1ccccc1. The number of amides is 1. The quantitative estimate of drug-likeness (QED) is 0.671. The number of carbonyl (C=O) groups excluding carboxylic acids is 1. The van der Waals surface area contributed by atoms with Crippen molar-refractivity contribution in [1.29, 1.82) is 0 Å². The first-order valence-electron chi connectivity index (χ1n) is 7.19. The van der Waals surface area contributed by atoms with Crippen LogP contribution in [-0.2, 0) is 9.57 Å². The fourth-order valence-electron chi connectivity index (χ4n) is 2.34. The van der Waals surface area contributed by atoms with Gasteiger partial charge in [0.1, 0.15) is 5.69 Å². The third kappa shape index (κ3) is 3.27. The van der Waals surface area contributed by atoms with Gasteiger partial charge in [-0.1, -0.05) is 18.2 Å². The molecule has 2 N–H and O–H groups in total. The number of aromatic nitrogens is 2. The van der Waals surface area contributed by atoms with Crippen LogP contribution in [0.2, 0.25) is 0 Å². The molecular formula is C15H17N3O3S. The second-order valence-corrected chi connectivity index (χ2v) is 5.38. The lowest BCUT2D eigenvalue weighted by molar-refractivity contribution is -0.186. The normalized spacial score (nSPS) is 18.1. The second-order valence-electron chi connectivity index (χ2n) is 5.00. The van der Waals surface area contributed by atoms with Crippen LogP contribution in [0.4, 0.5) is 0 Å². The molecular weight excluding hydrogens is 302 g/mol. The van der Waals surface area contributed by atoms with Crippen molar-refractivity contribution in [1.82, 2.24) is 15.0 Å². The average molecular weight is 319 g/mol. The summed E-state index contributed by atoms with van der Waals surface area (Å²) in [6, 6.07) is 9.44. The number of hydrogen-bond acceptors (Lipinski definition) is 4. The lowest BCUT2D eigenvalue weighted by Crippen LogP contribution is -2.33. The molecule has 6 nitrogen and oxygen atoms in total. The first kappa shape index (κ1) is 15.0. The van der Waals surface area contributed by atoms with E-state index in [1.54, 1.807) is 10.8 Å². The van der Waals surface area contributed by atoms with Crippen molar-refractivity contribution in [3.8, 4) is 5.69 Å². The van der Waals surface area contributed by atoms with Gasteiger partial charge in [-0.3, -0.25) is 9.36 Å². The molecule has 1 fully saturated rings. The number of nitrogens with zero attached hydrogens (tertiary/aromatic N) is 1. The van der Waals surface area contributed by atoms with E-state index in [1.807, 2.05) is 30.3 Å². The molecule has 0 aliphatic carbocycles. The highest BCUT2D eigenvalue weighted by molar-refractivity contribution is 7.71. The van der Waals surface area contributed by atoms with Gasteiger partial charge in [0.2, 0.25) is 0 Å². The molecule has 2 heterocycles. The minimum atomic E-state index is -0.384. The molecule has 22 heavy (non-hydrogen) atoms. The molecule has 1 aromatic carbocycles. The van der Waals surface area contributed by atoms with E-state index in [0.717, 1.165) is 24.9 Å². The van der Waals surface area contributed by atoms with Crippen molar-refractivity contribution >= 4 is 18.1 Å². The summed E-state index contributed by atoms with van der Waals surface area (Å²) in [7, 11) is 0. The summed E-state index contributed by atoms with van der Waals surface area (Å²) in [6.07, 6.45) is 4.02. The molecule has 1 saturated heterocycles. The van der Waals surface area contributed by atoms with E-state index in [0.29, 0.717) is 17.1 Å². The Hall–Kier alpha value is -1.96. The van der Waals surface area contributed by atoms with Crippen LogP contribution in [0.15, 0.2) is 36.5 Å². The van der Waals surface area contributed by atoms with Gasteiger partial charge in [-0.25, -0.2) is 10.3 Å². The zero-order valence-electron chi connectivity index (χ0n) is 12.0. The van der Waals surface area contributed by atoms with Crippen LogP contribution < -0.4 is 5.48 Å². The molecule has 2 aromatic rings. The van der Waals surface area contributed by atoms with Crippen LogP contribution in [0.3, 0.4) is 0 Å². The highest BCUT2D eigenvalue weighted by Crippen LogP contribution is 2.14. The van der Waals surface area contributed by atoms with E-state index in [2.05, 4.69) is 10.5 Å². The van der Waals surface area contributed by atoms with E-state index in [9.17, 15) is 4.79 Å². The van der Waals surface area contributed by atoms with Gasteiger partial charge in [0.15, 0.2) is 11.1 Å². The summed E-state index contributed by atoms with van der Waals surface area (Å²) in [5, 5.41) is 0. The molecule has 1 aromatic heterocycles. The first-order valence-corrected chi connectivity index (χ1v) is 7.60. The number of H-pyrrole nitrogens is 1. The molecule has 1 atom stereocenters. The predicted octanol–water partition coefficient (Wildman–Crippen LogP) is 2.72. The van der Waals surface area contributed by atoms with E-state index < -0.39 is 0 Å². The van der Waals surface area contributed by atoms with Crippen LogP contribution in [0.25, 0.3) is 5.69 Å². The summed E-state index contributed by atoms with van der Waals surface area (Å²) < 4.78 is 7.52. The number of imidazole rings is 1. The molecule has 7 heteroatoms. The topological polar surface area (TPSA) is 68.3 Å². The van der Waals surface area contributed by atoms with E-state index in [1.165, 1.54) is 0 Å². The van der Waals surface area contributed by atoms with Gasteiger partial charge >= 0.3 is 0 Å². The van der Waals surface area contributed by atoms with Gasteiger partial charge in [0.05, 0.1) is 0 Å². The molecule has 0 spiro atoms. The molecule has 116 valence electrons. The number of aromatic amines is 1. The van der Waals surface area contributed by atoms with Crippen LogP contribution in [-0.4, -0.2) is 28.4 Å². The van der Waals surface area contributed by atoms with Gasteiger partial charge in [-0.2, -0.15) is 0 Å². The number of hydrogen-bond donors (Lipinski definition) is 2. The maximum atomic E-state index is 12.3. The Morgan fingerprint density at radius 3 is 2.91 bits per heavy atom. The minimum Gasteiger partial charge on any atom is -0.350 e. The van der Waals surface area contributed by atoms with Crippen molar-refractivity contribution in [3.63, 3.8) is 0 Å². The number of hydroxylamine groups is 1. The molecule has 1 amide bonds. The second kappa shape index (κ2) is 6.87. The Balaban J connectivity index is 1.74. The van der Waals surface area contributed by atoms with Crippen LogP contribution in [0, 0.1) is 4.77 Å². The first-order chi connectivity index (χ1) is 10.8. The smallest absolute Gasteiger partial charge is 0.293 e. The zero-order valence-corrected chi connectivity index (χ0v) is 12.8. The third-order valence-electron chi connectivity index (χ3n) is 3.44. The Morgan fingerprint density at radius 2 is 2.18 bits per heavy atom. The lowest BCUT2D eigenvalue weighted by atomic mass is 10.2. The van der Waals surface area contributed by atoms with Crippen molar-refractivity contribution < 1.29 is 14.4 Å². The molecule has 0 radical (unpaired) electrons. The minimum absolute atomic E-state index is 0.370. The van der Waals surface area contributed by atoms with Crippen molar-refractivity contribution in [3.05, 3.63) is 47.0 Å². The summed E-state index contributed by atoms with van der Waals surface area (Å²) in [4.78, 5) is 20.5. The number of ether oxygens (including phenoxy) is 1. The lowest BCUT2D eigenvalue weighted by Gasteiger charge is -2.22. The molecule has 0 unspecified atom stereocenters. The number of nitrogens with one attached hydrogen (secondary N) is 2. The van der Waals surface area contributed by atoms with E-state index >= 15 is 0 Å². The summed E-state index contributed by atoms with van der Waals surface area (Å²) in [5.74, 6) is -0.370. The third-order valence-corrected chi connectivity index (χ3v) is 3.74. The van der Waals surface area contributed by atoms with E-state index in [4.69, 9.17) is 21.8 Å². The number of para-hydroxylation sites is 1. The fourth-order valence-corrected chi connectivity index (χ4v) is 2.61. The Bertz CT molecular complexity index is 690. The Morgan fingerprint density at radius 1 is 1.36 bits per heavy atom. The predicted molar refractivity (Wildman–Crippen MR) is 83.1 cm³/mol. The van der Waals surface area contributed by atoms with Gasteiger partial charge in [0, 0.05) is 24.9 Å². The van der Waals surface area contributed by atoms with Crippen molar-refractivity contribution in [2.45, 2.75) is 25.6 Å². The van der Waals surface area contributed by atoms with Gasteiger partial charge in [0.25, 0.3) is 5.91 Å². The monoisotopic (exact) mass is 319 g/mol. The fraction of sp³-hybridized carbons (Fsp3) is 0.333. The van der Waals surface area contributed by atoms with Gasteiger partial charge < -0.3 is 9.72 Å². The summed E-state index contributed by atoms with van der Waals surface area (Å²) in [5.41, 5.74) is 3.64. The average Bonchev–Trinajstić information content (AvgIpc) is 2.96. The molecule has 1 aliphatic rings. The molecule has 0 bridgehead atoms. The maximum Gasteiger partial charge on any atom is 0.293 e. The Kier molecular flexibility index (Phi) is 4.67. The summed E-state index contributed by atoms with van der Waals surface area (Å²) >= 11 is 5.25. The van der Waals surface area contributed by atoms with Gasteiger partial charge in [-0.15, -0.1) is 0 Å². The standard InChI is InChI=1S/C15H17N3O3S/c19-14(17-21-13-8-4-5-9-20-13)12-10-16-15(22)18(12)11-6-2-1-3-7-11/h1-3,6-7,10,13H,4-5,8-9H2,(H,16,22)(H,17,19)/t13-/m1/s1. The van der Waals surface area contributed by atoms with Crippen molar-refractivity contribution in [2.75, 3.05) is 6.61 Å². The molecule has 3 rings (SSSR count). The van der Waals surface area contributed by atoms with Crippen LogP contribution >= 0.6 is 12.2 Å². The highest BCUT2D eigenvalue weighted by Gasteiger charge is 2.19. The largest absolute Gasteiger partial charge is 0.350 e. The van der Waals surface area contributed by atoms with E-state index in [-0.39, 0.29) is 12.2 Å². The zero-order chi connectivity index (χ0) is 15.4. The molecule has 1 aliphatic heterocycles. The van der Waals surface area contributed by atoms with Crippen molar-refractivity contribution in [2.24, 2.45) is 0 Å². The van der Waals surface area contributed by atoms with Crippen LogP contribution in [0.5, 0.6) is 0 Å². The number of rotatable bonds is 4.